The molecule has 2 aliphatic rings. The van der Waals surface area contributed by atoms with Crippen LogP contribution in [0.25, 0.3) is 16.9 Å². The highest BCUT2D eigenvalue weighted by atomic mass is 16.5. The summed E-state index contributed by atoms with van der Waals surface area (Å²) < 4.78 is 8.26. The van der Waals surface area contributed by atoms with Gasteiger partial charge in [0, 0.05) is 42.2 Å². The first-order valence-corrected chi connectivity index (χ1v) is 13.6. The monoisotopic (exact) mass is 515 g/mol. The van der Waals surface area contributed by atoms with Crippen molar-refractivity contribution in [2.24, 2.45) is 17.6 Å². The van der Waals surface area contributed by atoms with Gasteiger partial charge < -0.3 is 20.7 Å². The summed E-state index contributed by atoms with van der Waals surface area (Å²) in [6.45, 7) is 8.15. The molecular formula is C30H37N5O3. The highest BCUT2D eigenvalue weighted by Gasteiger charge is 2.33. The zero-order valence-corrected chi connectivity index (χ0v) is 22.5. The van der Waals surface area contributed by atoms with Gasteiger partial charge in [-0.1, -0.05) is 51.0 Å². The zero-order valence-electron chi connectivity index (χ0n) is 22.5. The molecule has 3 amide bonds. The molecule has 1 saturated carbocycles. The molecule has 8 nitrogen and oxygen atoms in total. The molecule has 1 fully saturated rings. The van der Waals surface area contributed by atoms with Gasteiger partial charge in [-0.3, -0.25) is 4.79 Å². The molecule has 2 aromatic carbocycles. The lowest BCUT2D eigenvalue weighted by atomic mass is 9.98. The molecule has 3 N–H and O–H groups in total. The largest absolute Gasteiger partial charge is 0.491 e. The number of nitrogens with one attached hydrogen (secondary N) is 1. The quantitative estimate of drug-likeness (QED) is 0.437. The standard InChI is InChI=1S/C30H37N5O3/c1-19(2)18-38-26-10-6-7-20(3)27(26)35-28(21-11-13-23(14-12-21)32-30(31)37)24-17-34(16-15-25(24)33-35)29(36)22-8-4-5-9-22/h6-7,10-14,19,22H,4-5,8-9,15-18H2,1-3H3,(H3,31,32,37). The number of aryl methyl sites for hydroxylation is 1. The second kappa shape index (κ2) is 10.9. The number of nitrogens with two attached hydrogens (primary N) is 1. The van der Waals surface area contributed by atoms with Gasteiger partial charge in [0.05, 0.1) is 18.0 Å². The number of primary amides is 1. The van der Waals surface area contributed by atoms with Crippen molar-refractivity contribution in [2.75, 3.05) is 18.5 Å². The Hall–Kier alpha value is -3.81. The molecule has 1 aliphatic carbocycles. The lowest BCUT2D eigenvalue weighted by molar-refractivity contribution is -0.136. The van der Waals surface area contributed by atoms with Gasteiger partial charge in [0.25, 0.3) is 0 Å². The minimum Gasteiger partial charge on any atom is -0.491 e. The van der Waals surface area contributed by atoms with Crippen LogP contribution in [0.3, 0.4) is 0 Å². The molecule has 0 bridgehead atoms. The summed E-state index contributed by atoms with van der Waals surface area (Å²) in [4.78, 5) is 26.7. The summed E-state index contributed by atoms with van der Waals surface area (Å²) in [5.74, 6) is 1.58. The van der Waals surface area contributed by atoms with Crippen molar-refractivity contribution in [3.05, 3.63) is 59.3 Å². The number of carbonyl (C=O) groups excluding carboxylic acids is 2. The average molecular weight is 516 g/mol. The van der Waals surface area contributed by atoms with Crippen molar-refractivity contribution in [1.29, 1.82) is 0 Å². The van der Waals surface area contributed by atoms with Gasteiger partial charge in [-0.05, 0) is 49.4 Å². The number of hydrogen-bond donors (Lipinski definition) is 2. The molecule has 0 unspecified atom stereocenters. The Balaban J connectivity index is 1.61. The first-order chi connectivity index (χ1) is 18.3. The lowest BCUT2D eigenvalue weighted by Crippen LogP contribution is -2.39. The van der Waals surface area contributed by atoms with Crippen molar-refractivity contribution in [2.45, 2.75) is 59.4 Å². The van der Waals surface area contributed by atoms with E-state index in [1.807, 2.05) is 46.0 Å². The van der Waals surface area contributed by atoms with Gasteiger partial charge in [-0.2, -0.15) is 5.10 Å². The van der Waals surface area contributed by atoms with E-state index in [0.717, 1.165) is 65.2 Å². The Labute approximate surface area is 224 Å². The maximum absolute atomic E-state index is 13.4. The van der Waals surface area contributed by atoms with E-state index in [1.165, 1.54) is 0 Å². The van der Waals surface area contributed by atoms with Crippen LogP contribution in [-0.2, 0) is 17.8 Å². The second-order valence-corrected chi connectivity index (χ2v) is 10.9. The fourth-order valence-electron chi connectivity index (χ4n) is 5.58. The molecule has 0 saturated heterocycles. The summed E-state index contributed by atoms with van der Waals surface area (Å²) >= 11 is 0. The van der Waals surface area contributed by atoms with Crippen LogP contribution in [0.2, 0.25) is 0 Å². The van der Waals surface area contributed by atoms with Crippen LogP contribution in [0.4, 0.5) is 10.5 Å². The number of carbonyl (C=O) groups is 2. The van der Waals surface area contributed by atoms with E-state index in [-0.39, 0.29) is 11.8 Å². The van der Waals surface area contributed by atoms with E-state index in [1.54, 1.807) is 0 Å². The Bertz CT molecular complexity index is 1320. The number of nitrogens with zero attached hydrogens (tertiary/aromatic N) is 3. The van der Waals surface area contributed by atoms with Crippen LogP contribution >= 0.6 is 0 Å². The maximum Gasteiger partial charge on any atom is 0.316 e. The van der Waals surface area contributed by atoms with Crippen molar-refractivity contribution in [3.8, 4) is 22.7 Å². The van der Waals surface area contributed by atoms with Crippen LogP contribution in [0.1, 0.15) is 56.4 Å². The molecule has 3 aromatic rings. The smallest absolute Gasteiger partial charge is 0.316 e. The van der Waals surface area contributed by atoms with E-state index < -0.39 is 6.03 Å². The van der Waals surface area contributed by atoms with Gasteiger partial charge in [0.15, 0.2) is 0 Å². The Morgan fingerprint density at radius 2 is 1.87 bits per heavy atom. The van der Waals surface area contributed by atoms with Gasteiger partial charge in [-0.25, -0.2) is 9.48 Å². The lowest BCUT2D eigenvalue weighted by Gasteiger charge is -2.29. The third-order valence-electron chi connectivity index (χ3n) is 7.46. The number of fused-ring (bicyclic) bond motifs is 1. The number of urea groups is 1. The Morgan fingerprint density at radius 1 is 1.13 bits per heavy atom. The molecule has 8 heteroatoms. The van der Waals surface area contributed by atoms with Crippen LogP contribution < -0.4 is 15.8 Å². The first-order valence-electron chi connectivity index (χ1n) is 13.6. The van der Waals surface area contributed by atoms with Gasteiger partial charge in [-0.15, -0.1) is 0 Å². The van der Waals surface area contributed by atoms with E-state index in [4.69, 9.17) is 15.6 Å². The Morgan fingerprint density at radius 3 is 2.55 bits per heavy atom. The molecule has 1 aromatic heterocycles. The number of benzene rings is 2. The van der Waals surface area contributed by atoms with E-state index in [0.29, 0.717) is 37.7 Å². The van der Waals surface area contributed by atoms with E-state index >= 15 is 0 Å². The minimum atomic E-state index is -0.604. The number of rotatable bonds is 7. The van der Waals surface area contributed by atoms with Gasteiger partial charge in [0.1, 0.15) is 11.4 Å². The fourth-order valence-corrected chi connectivity index (χ4v) is 5.58. The molecule has 0 radical (unpaired) electrons. The zero-order chi connectivity index (χ0) is 26.8. The van der Waals surface area contributed by atoms with Crippen molar-refractivity contribution < 1.29 is 14.3 Å². The van der Waals surface area contributed by atoms with Crippen LogP contribution in [0.5, 0.6) is 5.75 Å². The summed E-state index contributed by atoms with van der Waals surface area (Å²) in [5, 5.41) is 7.75. The van der Waals surface area contributed by atoms with E-state index in [9.17, 15) is 9.59 Å². The number of aromatic nitrogens is 2. The van der Waals surface area contributed by atoms with E-state index in [2.05, 4.69) is 32.2 Å². The van der Waals surface area contributed by atoms with Crippen molar-refractivity contribution in [1.82, 2.24) is 14.7 Å². The molecule has 1 aliphatic heterocycles. The molecule has 2 heterocycles. The maximum atomic E-state index is 13.4. The Kier molecular flexibility index (Phi) is 7.40. The second-order valence-electron chi connectivity index (χ2n) is 10.9. The number of ether oxygens (including phenoxy) is 1. The van der Waals surface area contributed by atoms with Crippen LogP contribution in [0.15, 0.2) is 42.5 Å². The van der Waals surface area contributed by atoms with Crippen molar-refractivity contribution in [3.63, 3.8) is 0 Å². The number of hydrogen-bond acceptors (Lipinski definition) is 4. The minimum absolute atomic E-state index is 0.140. The topological polar surface area (TPSA) is 102 Å². The third kappa shape index (κ3) is 5.26. The fraction of sp³-hybridized carbons (Fsp3) is 0.433. The highest BCUT2D eigenvalue weighted by molar-refractivity contribution is 5.88. The number of anilines is 1. The summed E-state index contributed by atoms with van der Waals surface area (Å²) in [5.41, 5.74) is 11.9. The summed E-state index contributed by atoms with van der Waals surface area (Å²) in [6.07, 6.45) is 4.96. The summed E-state index contributed by atoms with van der Waals surface area (Å²) in [6, 6.07) is 13.1. The first kappa shape index (κ1) is 25.8. The SMILES string of the molecule is Cc1cccc(OCC(C)C)c1-n1nc2c(c1-c1ccc(NC(N)=O)cc1)CN(C(=O)C1CCCC1)CC2. The van der Waals surface area contributed by atoms with Crippen molar-refractivity contribution >= 4 is 17.6 Å². The van der Waals surface area contributed by atoms with Gasteiger partial charge >= 0.3 is 6.03 Å². The number of amides is 3. The summed E-state index contributed by atoms with van der Waals surface area (Å²) in [7, 11) is 0. The van der Waals surface area contributed by atoms with Crippen LogP contribution in [-0.4, -0.2) is 39.8 Å². The molecule has 5 rings (SSSR count). The third-order valence-corrected chi connectivity index (χ3v) is 7.46. The predicted octanol–water partition coefficient (Wildman–Crippen LogP) is 5.45. The van der Waals surface area contributed by atoms with Crippen LogP contribution in [0, 0.1) is 18.8 Å². The molecule has 38 heavy (non-hydrogen) atoms. The number of para-hydroxylation sites is 1. The molecule has 200 valence electrons. The normalized spacial score (nSPS) is 15.5. The average Bonchev–Trinajstić information content (AvgIpc) is 3.55. The predicted molar refractivity (Wildman–Crippen MR) is 148 cm³/mol. The van der Waals surface area contributed by atoms with Gasteiger partial charge in [0.2, 0.25) is 5.91 Å². The molecular weight excluding hydrogens is 478 g/mol. The highest BCUT2D eigenvalue weighted by Crippen LogP contribution is 2.38. The molecule has 0 spiro atoms. The molecule has 0 atom stereocenters.